The van der Waals surface area contributed by atoms with Gasteiger partial charge in [0.25, 0.3) is 0 Å². The van der Waals surface area contributed by atoms with E-state index in [9.17, 15) is 0 Å². The maximum Gasteiger partial charge on any atom is 0.233 e. The Morgan fingerprint density at radius 1 is 1.69 bits per heavy atom. The number of hydrogen-bond acceptors (Lipinski definition) is 6. The third kappa shape index (κ3) is 3.82. The lowest BCUT2D eigenvalue weighted by molar-refractivity contribution is 0.910. The highest BCUT2D eigenvalue weighted by molar-refractivity contribution is 7.99. The molecule has 4 nitrogen and oxygen atoms in total. The van der Waals surface area contributed by atoms with Gasteiger partial charge >= 0.3 is 0 Å². The molecule has 0 radical (unpaired) electrons. The lowest BCUT2D eigenvalue weighted by Crippen LogP contribution is -2.17. The predicted molar refractivity (Wildman–Crippen MR) is 60.4 cm³/mol. The van der Waals surface area contributed by atoms with Gasteiger partial charge in [0.05, 0.1) is 0 Å². The van der Waals surface area contributed by atoms with Crippen LogP contribution in [0.1, 0.15) is 13.8 Å². The summed E-state index contributed by atoms with van der Waals surface area (Å²) >= 11 is 3.21. The summed E-state index contributed by atoms with van der Waals surface area (Å²) < 4.78 is 3.89. The van der Waals surface area contributed by atoms with Gasteiger partial charge in [-0.1, -0.05) is 6.92 Å². The quantitative estimate of drug-likeness (QED) is 0.787. The molecular weight excluding hydrogens is 204 g/mol. The Balaban J connectivity index is 2.31. The van der Waals surface area contributed by atoms with Crippen molar-refractivity contribution in [3.63, 3.8) is 0 Å². The highest BCUT2D eigenvalue weighted by atomic mass is 32.2. The van der Waals surface area contributed by atoms with Crippen LogP contribution in [0.15, 0.2) is 0 Å². The molecule has 0 spiro atoms. The number of nitrogen functional groups attached to an aromatic ring is 1. The largest absolute Gasteiger partial charge is 0.367 e. The molecule has 0 amide bonds. The predicted octanol–water partition coefficient (Wildman–Crippen LogP) is 1.67. The average Bonchev–Trinajstić information content (AvgIpc) is 2.48. The molecule has 0 aliphatic carbocycles. The van der Waals surface area contributed by atoms with E-state index in [1.807, 2.05) is 11.8 Å². The third-order valence-corrected chi connectivity index (χ3v) is 3.19. The lowest BCUT2D eigenvalue weighted by Gasteiger charge is -2.10. The van der Waals surface area contributed by atoms with Gasteiger partial charge in [0, 0.05) is 23.3 Å². The van der Waals surface area contributed by atoms with E-state index < -0.39 is 0 Å². The highest BCUT2D eigenvalue weighted by Gasteiger charge is 2.04. The van der Waals surface area contributed by atoms with Crippen LogP contribution >= 0.6 is 23.3 Å². The van der Waals surface area contributed by atoms with E-state index in [1.54, 1.807) is 0 Å². The first-order chi connectivity index (χ1) is 6.22. The fraction of sp³-hybridized carbons (Fsp3) is 0.714. The molecule has 13 heavy (non-hydrogen) atoms. The number of hydrogen-bond donors (Lipinski definition) is 2. The van der Waals surface area contributed by atoms with Crippen LogP contribution in [0, 0.1) is 0 Å². The number of rotatable bonds is 5. The standard InChI is InChI=1S/C7H14N4S2/c1-3-12-4-5(2)9-7-10-6(8)11-13-7/h5H,3-4H2,1-2H3,(H3,8,9,10,11). The van der Waals surface area contributed by atoms with Gasteiger partial charge in [0.15, 0.2) is 0 Å². The minimum Gasteiger partial charge on any atom is -0.367 e. The number of anilines is 2. The minimum absolute atomic E-state index is 0.350. The summed E-state index contributed by atoms with van der Waals surface area (Å²) in [6.45, 7) is 4.28. The number of thioether (sulfide) groups is 1. The van der Waals surface area contributed by atoms with Crippen molar-refractivity contribution in [2.24, 2.45) is 0 Å². The van der Waals surface area contributed by atoms with Crippen LogP contribution < -0.4 is 11.1 Å². The molecule has 0 fully saturated rings. The zero-order valence-electron chi connectivity index (χ0n) is 7.78. The third-order valence-electron chi connectivity index (χ3n) is 1.38. The van der Waals surface area contributed by atoms with Gasteiger partial charge in [-0.3, -0.25) is 0 Å². The fourth-order valence-electron chi connectivity index (χ4n) is 0.841. The highest BCUT2D eigenvalue weighted by Crippen LogP contribution is 2.14. The maximum atomic E-state index is 5.40. The summed E-state index contributed by atoms with van der Waals surface area (Å²) in [5, 5.41) is 4.05. The van der Waals surface area contributed by atoms with Gasteiger partial charge in [-0.05, 0) is 12.7 Å². The molecule has 3 N–H and O–H groups in total. The van der Waals surface area contributed by atoms with Crippen LogP contribution in [0.3, 0.4) is 0 Å². The minimum atomic E-state index is 0.350. The Morgan fingerprint density at radius 2 is 2.46 bits per heavy atom. The van der Waals surface area contributed by atoms with Gasteiger partial charge in [-0.15, -0.1) is 0 Å². The van der Waals surface area contributed by atoms with E-state index in [1.165, 1.54) is 11.5 Å². The van der Waals surface area contributed by atoms with Gasteiger partial charge in [0.2, 0.25) is 11.1 Å². The van der Waals surface area contributed by atoms with Crippen molar-refractivity contribution in [1.82, 2.24) is 9.36 Å². The van der Waals surface area contributed by atoms with E-state index in [0.717, 1.165) is 16.6 Å². The fourth-order valence-corrected chi connectivity index (χ4v) is 2.12. The van der Waals surface area contributed by atoms with E-state index in [4.69, 9.17) is 5.73 Å². The summed E-state index contributed by atoms with van der Waals surface area (Å²) in [4.78, 5) is 4.02. The first-order valence-corrected chi connectivity index (χ1v) is 6.08. The second-order valence-electron chi connectivity index (χ2n) is 2.66. The zero-order valence-corrected chi connectivity index (χ0v) is 9.41. The van der Waals surface area contributed by atoms with Gasteiger partial charge in [-0.2, -0.15) is 21.1 Å². The number of nitrogens with zero attached hydrogens (tertiary/aromatic N) is 2. The van der Waals surface area contributed by atoms with Crippen LogP contribution in [0.2, 0.25) is 0 Å². The summed E-state index contributed by atoms with van der Waals surface area (Å²) in [7, 11) is 0. The van der Waals surface area contributed by atoms with Crippen molar-refractivity contribution in [2.75, 3.05) is 22.6 Å². The molecule has 0 aromatic carbocycles. The van der Waals surface area contributed by atoms with Crippen LogP contribution in [-0.4, -0.2) is 26.9 Å². The molecule has 1 aromatic rings. The molecule has 0 saturated heterocycles. The summed E-state index contributed by atoms with van der Waals surface area (Å²) in [5.41, 5.74) is 5.40. The van der Waals surface area contributed by atoms with Crippen LogP contribution in [-0.2, 0) is 0 Å². The second kappa shape index (κ2) is 5.29. The number of aromatic nitrogens is 2. The Bertz CT molecular complexity index is 250. The molecular formula is C7H14N4S2. The first-order valence-electron chi connectivity index (χ1n) is 4.15. The van der Waals surface area contributed by atoms with Gasteiger partial charge in [-0.25, -0.2) is 0 Å². The number of nitrogens with two attached hydrogens (primary N) is 1. The van der Waals surface area contributed by atoms with Gasteiger partial charge < -0.3 is 11.1 Å². The molecule has 1 aromatic heterocycles. The van der Waals surface area contributed by atoms with Crippen molar-refractivity contribution >= 4 is 34.4 Å². The molecule has 0 aliphatic heterocycles. The molecule has 74 valence electrons. The smallest absolute Gasteiger partial charge is 0.233 e. The second-order valence-corrected chi connectivity index (χ2v) is 4.73. The van der Waals surface area contributed by atoms with E-state index in [0.29, 0.717) is 12.0 Å². The molecule has 1 rings (SSSR count). The van der Waals surface area contributed by atoms with E-state index in [-0.39, 0.29) is 0 Å². The normalized spacial score (nSPS) is 12.8. The van der Waals surface area contributed by atoms with E-state index >= 15 is 0 Å². The van der Waals surface area contributed by atoms with Crippen molar-refractivity contribution in [1.29, 1.82) is 0 Å². The summed E-state index contributed by atoms with van der Waals surface area (Å²) in [5.74, 6) is 2.57. The van der Waals surface area contributed by atoms with Crippen molar-refractivity contribution in [2.45, 2.75) is 19.9 Å². The molecule has 1 atom stereocenters. The summed E-state index contributed by atoms with van der Waals surface area (Å²) in [6, 6.07) is 0.414. The van der Waals surface area contributed by atoms with E-state index in [2.05, 4.69) is 28.5 Å². The Hall–Kier alpha value is -0.490. The van der Waals surface area contributed by atoms with Crippen molar-refractivity contribution in [3.8, 4) is 0 Å². The van der Waals surface area contributed by atoms with Crippen molar-refractivity contribution < 1.29 is 0 Å². The summed E-state index contributed by atoms with van der Waals surface area (Å²) in [6.07, 6.45) is 0. The Kier molecular flexibility index (Phi) is 4.31. The molecule has 6 heteroatoms. The van der Waals surface area contributed by atoms with Crippen LogP contribution in [0.4, 0.5) is 11.1 Å². The SMILES string of the molecule is CCSCC(C)Nc1nc(N)ns1. The lowest BCUT2D eigenvalue weighted by atomic mass is 10.4. The monoisotopic (exact) mass is 218 g/mol. The Labute approximate surface area is 86.5 Å². The van der Waals surface area contributed by atoms with Crippen molar-refractivity contribution in [3.05, 3.63) is 0 Å². The van der Waals surface area contributed by atoms with Crippen LogP contribution in [0.25, 0.3) is 0 Å². The number of nitrogens with one attached hydrogen (secondary N) is 1. The molecule has 1 unspecified atom stereocenters. The van der Waals surface area contributed by atoms with Crippen LogP contribution in [0.5, 0.6) is 0 Å². The molecule has 0 aliphatic rings. The molecule has 1 heterocycles. The topological polar surface area (TPSA) is 63.8 Å². The molecule has 0 bridgehead atoms. The molecule has 0 saturated carbocycles. The van der Waals surface area contributed by atoms with Gasteiger partial charge in [0.1, 0.15) is 0 Å². The maximum absolute atomic E-state index is 5.40. The first kappa shape index (κ1) is 10.6. The average molecular weight is 218 g/mol. The zero-order chi connectivity index (χ0) is 9.68. The Morgan fingerprint density at radius 3 is 3.00 bits per heavy atom.